The topological polar surface area (TPSA) is 103 Å². The molecule has 0 spiro atoms. The van der Waals surface area contributed by atoms with Crippen LogP contribution in [0.5, 0.6) is 0 Å². The van der Waals surface area contributed by atoms with Gasteiger partial charge in [-0.05, 0) is 49.7 Å². The Balaban J connectivity index is 1.30. The fourth-order valence-corrected chi connectivity index (χ4v) is 5.06. The number of fused-ring (bicyclic) bond motifs is 1. The first-order valence-electron chi connectivity index (χ1n) is 11.7. The summed E-state index contributed by atoms with van der Waals surface area (Å²) in [5, 5.41) is 6.75. The molecule has 9 nitrogen and oxygen atoms in total. The average molecular weight is 502 g/mol. The van der Waals surface area contributed by atoms with Crippen molar-refractivity contribution >= 4 is 56.0 Å². The normalized spacial score (nSPS) is 15.2. The quantitative estimate of drug-likeness (QED) is 0.407. The molecule has 1 aliphatic rings. The number of aryl methyl sites for hydroxylation is 1. The van der Waals surface area contributed by atoms with Gasteiger partial charge in [0.1, 0.15) is 22.0 Å². The third kappa shape index (κ3) is 5.13. The first-order valence-corrected chi connectivity index (χ1v) is 12.5. The Hall–Kier alpha value is -4.05. The maximum absolute atomic E-state index is 13.0. The molecule has 1 atom stereocenters. The van der Waals surface area contributed by atoms with E-state index in [4.69, 9.17) is 4.98 Å². The van der Waals surface area contributed by atoms with Crippen LogP contribution < -0.4 is 15.5 Å². The molecule has 0 radical (unpaired) electrons. The second-order valence-electron chi connectivity index (χ2n) is 8.90. The SMILES string of the molecule is CC(=O)N[C@H]1CCN(C(=O)c2ccnc(Nc3nc4ccc(N(C)c5ccc(C)cc5)nc4s3)c2)C1. The zero-order chi connectivity index (χ0) is 25.2. The van der Waals surface area contributed by atoms with Crippen LogP contribution in [-0.2, 0) is 4.79 Å². The maximum Gasteiger partial charge on any atom is 0.254 e. The molecule has 4 aromatic rings. The number of nitrogens with zero attached hydrogens (tertiary/aromatic N) is 5. The number of carbonyl (C=O) groups is 2. The van der Waals surface area contributed by atoms with Gasteiger partial charge in [-0.15, -0.1) is 0 Å². The molecule has 0 aliphatic carbocycles. The standard InChI is InChI=1S/C26H27N7O2S/c1-16-4-6-20(7-5-16)32(3)23-9-8-21-24(31-23)36-26(29-21)30-22-14-18(10-12-27-22)25(35)33-13-11-19(15-33)28-17(2)34/h4-10,12,14,19H,11,13,15H2,1-3H3,(H,28,34)(H,27,29,30)/t19-/m0/s1. The van der Waals surface area contributed by atoms with Gasteiger partial charge < -0.3 is 20.4 Å². The van der Waals surface area contributed by atoms with Gasteiger partial charge in [0.15, 0.2) is 5.13 Å². The predicted molar refractivity (Wildman–Crippen MR) is 142 cm³/mol. The Morgan fingerprint density at radius 3 is 2.69 bits per heavy atom. The molecule has 0 bridgehead atoms. The Bertz CT molecular complexity index is 1420. The Labute approximate surface area is 213 Å². The summed E-state index contributed by atoms with van der Waals surface area (Å²) in [5.74, 6) is 1.21. The first kappa shape index (κ1) is 23.7. The molecule has 3 aromatic heterocycles. The van der Waals surface area contributed by atoms with Crippen molar-refractivity contribution < 1.29 is 9.59 Å². The summed E-state index contributed by atoms with van der Waals surface area (Å²) in [6.07, 6.45) is 2.36. The monoisotopic (exact) mass is 501 g/mol. The zero-order valence-corrected chi connectivity index (χ0v) is 21.2. The number of hydrogen-bond donors (Lipinski definition) is 2. The molecule has 2 N–H and O–H groups in total. The number of anilines is 4. The minimum absolute atomic E-state index is 0.00363. The van der Waals surface area contributed by atoms with Crippen molar-refractivity contribution in [1.82, 2.24) is 25.2 Å². The molecule has 5 rings (SSSR count). The molecule has 2 amide bonds. The minimum Gasteiger partial charge on any atom is -0.352 e. The number of carbonyl (C=O) groups excluding carboxylic acids is 2. The van der Waals surface area contributed by atoms with Gasteiger partial charge >= 0.3 is 0 Å². The zero-order valence-electron chi connectivity index (χ0n) is 20.4. The molecular formula is C26H27N7O2S. The molecule has 4 heterocycles. The van der Waals surface area contributed by atoms with Crippen LogP contribution >= 0.6 is 11.3 Å². The molecule has 10 heteroatoms. The summed E-state index contributed by atoms with van der Waals surface area (Å²) < 4.78 is 0. The van der Waals surface area contributed by atoms with Crippen molar-refractivity contribution in [2.75, 3.05) is 30.4 Å². The van der Waals surface area contributed by atoms with E-state index in [0.717, 1.165) is 28.3 Å². The van der Waals surface area contributed by atoms with Crippen LogP contribution in [0.2, 0.25) is 0 Å². The highest BCUT2D eigenvalue weighted by Crippen LogP contribution is 2.30. The van der Waals surface area contributed by atoms with Gasteiger partial charge in [0.2, 0.25) is 5.91 Å². The first-order chi connectivity index (χ1) is 17.4. The highest BCUT2D eigenvalue weighted by Gasteiger charge is 2.27. The second kappa shape index (κ2) is 9.90. The summed E-state index contributed by atoms with van der Waals surface area (Å²) in [4.78, 5) is 42.7. The second-order valence-corrected chi connectivity index (χ2v) is 9.88. The van der Waals surface area contributed by atoms with Gasteiger partial charge in [-0.2, -0.15) is 0 Å². The van der Waals surface area contributed by atoms with Crippen molar-refractivity contribution in [2.45, 2.75) is 26.3 Å². The van der Waals surface area contributed by atoms with Crippen LogP contribution in [0.15, 0.2) is 54.7 Å². The lowest BCUT2D eigenvalue weighted by Crippen LogP contribution is -2.37. The summed E-state index contributed by atoms with van der Waals surface area (Å²) >= 11 is 1.43. The van der Waals surface area contributed by atoms with E-state index in [2.05, 4.69) is 51.8 Å². The van der Waals surface area contributed by atoms with Crippen molar-refractivity contribution in [3.05, 3.63) is 65.9 Å². The molecular weight excluding hydrogens is 474 g/mol. The number of pyridine rings is 2. The molecule has 1 saturated heterocycles. The fraction of sp³-hybridized carbons (Fsp3) is 0.269. The van der Waals surface area contributed by atoms with Crippen LogP contribution in [0, 0.1) is 6.92 Å². The van der Waals surface area contributed by atoms with Gasteiger partial charge in [0.25, 0.3) is 5.91 Å². The summed E-state index contributed by atoms with van der Waals surface area (Å²) in [5.41, 5.74) is 3.60. The van der Waals surface area contributed by atoms with E-state index in [1.165, 1.54) is 23.8 Å². The number of likely N-dealkylation sites (tertiary alicyclic amines) is 1. The Morgan fingerprint density at radius 2 is 1.92 bits per heavy atom. The number of benzene rings is 1. The largest absolute Gasteiger partial charge is 0.352 e. The van der Waals surface area contributed by atoms with Gasteiger partial charge in [-0.3, -0.25) is 9.59 Å². The molecule has 1 aliphatic heterocycles. The highest BCUT2D eigenvalue weighted by atomic mass is 32.1. The Morgan fingerprint density at radius 1 is 1.11 bits per heavy atom. The summed E-state index contributed by atoms with van der Waals surface area (Å²) in [7, 11) is 1.99. The van der Waals surface area contributed by atoms with E-state index in [1.54, 1.807) is 23.2 Å². The lowest BCUT2D eigenvalue weighted by molar-refractivity contribution is -0.119. The molecule has 184 valence electrons. The average Bonchev–Trinajstić information content (AvgIpc) is 3.49. The number of amides is 2. The third-order valence-corrected chi connectivity index (χ3v) is 7.01. The minimum atomic E-state index is -0.0805. The molecule has 1 fully saturated rings. The predicted octanol–water partition coefficient (Wildman–Crippen LogP) is 4.26. The maximum atomic E-state index is 13.0. The van der Waals surface area contributed by atoms with Crippen molar-refractivity contribution in [1.29, 1.82) is 0 Å². The van der Waals surface area contributed by atoms with Crippen LogP contribution in [0.25, 0.3) is 10.3 Å². The van der Waals surface area contributed by atoms with E-state index < -0.39 is 0 Å². The van der Waals surface area contributed by atoms with Crippen molar-refractivity contribution in [3.63, 3.8) is 0 Å². The fourth-order valence-electron chi connectivity index (χ4n) is 4.22. The lowest BCUT2D eigenvalue weighted by atomic mass is 10.2. The number of hydrogen-bond acceptors (Lipinski definition) is 8. The van der Waals surface area contributed by atoms with Crippen molar-refractivity contribution in [2.24, 2.45) is 0 Å². The van der Waals surface area contributed by atoms with Crippen LogP contribution in [0.3, 0.4) is 0 Å². The lowest BCUT2D eigenvalue weighted by Gasteiger charge is -2.18. The molecule has 0 unspecified atom stereocenters. The van der Waals surface area contributed by atoms with Gasteiger partial charge in [0.05, 0.1) is 0 Å². The number of nitrogens with one attached hydrogen (secondary N) is 2. The van der Waals surface area contributed by atoms with Crippen LogP contribution in [0.1, 0.15) is 29.3 Å². The molecule has 36 heavy (non-hydrogen) atoms. The van der Waals surface area contributed by atoms with E-state index >= 15 is 0 Å². The highest BCUT2D eigenvalue weighted by molar-refractivity contribution is 7.21. The van der Waals surface area contributed by atoms with E-state index in [-0.39, 0.29) is 17.9 Å². The van der Waals surface area contributed by atoms with Crippen molar-refractivity contribution in [3.8, 4) is 0 Å². The summed E-state index contributed by atoms with van der Waals surface area (Å²) in [6, 6.07) is 15.6. The van der Waals surface area contributed by atoms with E-state index in [9.17, 15) is 9.59 Å². The van der Waals surface area contributed by atoms with Gasteiger partial charge in [0, 0.05) is 50.6 Å². The van der Waals surface area contributed by atoms with Crippen LogP contribution in [-0.4, -0.2) is 57.8 Å². The summed E-state index contributed by atoms with van der Waals surface area (Å²) in [6.45, 7) is 4.67. The van der Waals surface area contributed by atoms with Gasteiger partial charge in [-0.1, -0.05) is 29.0 Å². The van der Waals surface area contributed by atoms with E-state index in [1.807, 2.05) is 24.1 Å². The number of thiazole rings is 1. The van der Waals surface area contributed by atoms with Gasteiger partial charge in [-0.25, -0.2) is 15.0 Å². The van der Waals surface area contributed by atoms with Crippen LogP contribution in [0.4, 0.5) is 22.5 Å². The molecule has 1 aromatic carbocycles. The smallest absolute Gasteiger partial charge is 0.254 e. The third-order valence-electron chi connectivity index (χ3n) is 6.13. The van der Waals surface area contributed by atoms with E-state index in [0.29, 0.717) is 29.6 Å². The number of rotatable bonds is 6. The molecule has 0 saturated carbocycles. The number of aromatic nitrogens is 3. The Kier molecular flexibility index (Phi) is 6.51.